The van der Waals surface area contributed by atoms with Gasteiger partial charge in [0.1, 0.15) is 11.5 Å². The van der Waals surface area contributed by atoms with Gasteiger partial charge >= 0.3 is 4.87 Å². The largest absolute Gasteiger partial charge is 0.325 e. The van der Waals surface area contributed by atoms with Crippen molar-refractivity contribution in [3.63, 3.8) is 0 Å². The van der Waals surface area contributed by atoms with E-state index < -0.39 is 5.82 Å². The van der Waals surface area contributed by atoms with Crippen molar-refractivity contribution in [1.29, 1.82) is 0 Å². The molecule has 0 radical (unpaired) electrons. The fourth-order valence-corrected chi connectivity index (χ4v) is 4.15. The van der Waals surface area contributed by atoms with E-state index in [-0.39, 0.29) is 20.7 Å². The lowest BCUT2D eigenvalue weighted by molar-refractivity contribution is -0.109. The molecule has 1 aliphatic rings. The van der Waals surface area contributed by atoms with E-state index >= 15 is 0 Å². The average Bonchev–Trinajstić information content (AvgIpc) is 2.81. The number of aromatic nitrogens is 2. The number of halogens is 2. The van der Waals surface area contributed by atoms with E-state index in [1.807, 2.05) is 0 Å². The van der Waals surface area contributed by atoms with Crippen molar-refractivity contribution < 1.29 is 9.18 Å². The second-order valence-electron chi connectivity index (χ2n) is 5.04. The number of carbonyl (C=O) groups excluding carboxylic acids is 1. The average molecular weight is 374 g/mol. The topological polar surface area (TPSA) is 56.4 Å². The summed E-state index contributed by atoms with van der Waals surface area (Å²) in [6.45, 7) is 2.74. The Labute approximate surface area is 144 Å². The summed E-state index contributed by atoms with van der Waals surface area (Å²) in [6.07, 6.45) is 1.91. The maximum absolute atomic E-state index is 14.1. The summed E-state index contributed by atoms with van der Waals surface area (Å²) >= 11 is 7.87. The first-order valence-corrected chi connectivity index (χ1v) is 9.00. The van der Waals surface area contributed by atoms with Crippen LogP contribution in [0.4, 0.5) is 10.1 Å². The molecule has 0 aliphatic carbocycles. The maximum Gasteiger partial charge on any atom is 0.325 e. The molecule has 0 N–H and O–H groups in total. The summed E-state index contributed by atoms with van der Waals surface area (Å²) in [5, 5.41) is 0.0196. The molecule has 1 aliphatic heterocycles. The normalized spacial score (nSPS) is 14.8. The van der Waals surface area contributed by atoms with Gasteiger partial charge in [0.2, 0.25) is 4.80 Å². The molecule has 9 heteroatoms. The Balaban J connectivity index is 2.13. The molecule has 2 aromatic rings. The van der Waals surface area contributed by atoms with E-state index in [0.717, 1.165) is 42.0 Å². The van der Waals surface area contributed by atoms with Gasteiger partial charge in [-0.2, -0.15) is 0 Å². The van der Waals surface area contributed by atoms with Crippen LogP contribution in [0.5, 0.6) is 0 Å². The summed E-state index contributed by atoms with van der Waals surface area (Å²) in [5.41, 5.74) is 0.0703. The van der Waals surface area contributed by atoms with E-state index in [1.54, 1.807) is 9.36 Å². The van der Waals surface area contributed by atoms with Crippen LogP contribution in [0.2, 0.25) is 5.02 Å². The third kappa shape index (κ3) is 3.44. The second-order valence-corrected chi connectivity index (χ2v) is 7.59. The zero-order valence-corrected chi connectivity index (χ0v) is 14.6. The van der Waals surface area contributed by atoms with Gasteiger partial charge in [-0.05, 0) is 36.3 Å². The smallest absolute Gasteiger partial charge is 0.287 e. The van der Waals surface area contributed by atoms with Crippen molar-refractivity contribution in [1.82, 2.24) is 9.36 Å². The Morgan fingerprint density at radius 3 is 2.74 bits per heavy atom. The van der Waals surface area contributed by atoms with Crippen molar-refractivity contribution in [2.24, 2.45) is 4.99 Å². The van der Waals surface area contributed by atoms with E-state index in [2.05, 4.69) is 4.99 Å². The molecule has 0 saturated carbocycles. The molecule has 0 fully saturated rings. The van der Waals surface area contributed by atoms with Gasteiger partial charge in [-0.1, -0.05) is 23.4 Å². The zero-order chi connectivity index (χ0) is 16.6. The molecule has 0 spiro atoms. The third-order valence-electron chi connectivity index (χ3n) is 3.36. The van der Waals surface area contributed by atoms with Crippen LogP contribution >= 0.6 is 34.7 Å². The summed E-state index contributed by atoms with van der Waals surface area (Å²) in [5.74, 6) is -0.584. The molecule has 0 unspecified atom stereocenters. The minimum atomic E-state index is -0.584. The van der Waals surface area contributed by atoms with Crippen LogP contribution in [0.3, 0.4) is 0 Å². The number of carbonyl (C=O) groups is 1. The maximum atomic E-state index is 14.1. The Morgan fingerprint density at radius 1 is 1.35 bits per heavy atom. The monoisotopic (exact) mass is 373 g/mol. The summed E-state index contributed by atoms with van der Waals surface area (Å²) in [6, 6.07) is 2.58. The van der Waals surface area contributed by atoms with Crippen LogP contribution in [0.15, 0.2) is 26.8 Å². The minimum absolute atomic E-state index is 0.0703. The van der Waals surface area contributed by atoms with Gasteiger partial charge in [0, 0.05) is 24.9 Å². The van der Waals surface area contributed by atoms with E-state index in [0.29, 0.717) is 22.8 Å². The van der Waals surface area contributed by atoms with Gasteiger partial charge in [0.05, 0.1) is 5.02 Å². The second kappa shape index (κ2) is 6.62. The standard InChI is InChI=1S/C14H13ClFN3O2S2/c1-8(20)22-12-7-11(10(16)6-9(12)15)17-13-18-4-2-3-5-19(18)14(21)23-13/h6-7H,2-5H2,1H3. The molecule has 0 atom stereocenters. The van der Waals surface area contributed by atoms with Crippen LogP contribution in [0.1, 0.15) is 19.8 Å². The highest BCUT2D eigenvalue weighted by atomic mass is 35.5. The molecule has 5 nitrogen and oxygen atoms in total. The van der Waals surface area contributed by atoms with E-state index in [4.69, 9.17) is 11.6 Å². The molecule has 0 amide bonds. The lowest BCUT2D eigenvalue weighted by Gasteiger charge is -2.15. The molecule has 3 rings (SSSR count). The Morgan fingerprint density at radius 2 is 2.04 bits per heavy atom. The number of benzene rings is 1. The van der Waals surface area contributed by atoms with Crippen molar-refractivity contribution in [3.05, 3.63) is 37.4 Å². The van der Waals surface area contributed by atoms with Crippen molar-refractivity contribution in [2.75, 3.05) is 0 Å². The number of thioether (sulfide) groups is 1. The highest BCUT2D eigenvalue weighted by molar-refractivity contribution is 8.13. The molecule has 2 heterocycles. The predicted octanol–water partition coefficient (Wildman–Crippen LogP) is 3.17. The van der Waals surface area contributed by atoms with Crippen LogP contribution < -0.4 is 9.67 Å². The first-order chi connectivity index (χ1) is 11.0. The van der Waals surface area contributed by atoms with E-state index in [9.17, 15) is 14.0 Å². The molecule has 122 valence electrons. The summed E-state index contributed by atoms with van der Waals surface area (Å²) in [4.78, 5) is 28.3. The third-order valence-corrected chi connectivity index (χ3v) is 5.50. The lowest BCUT2D eigenvalue weighted by atomic mass is 10.3. The minimum Gasteiger partial charge on any atom is -0.287 e. The predicted molar refractivity (Wildman–Crippen MR) is 89.0 cm³/mol. The van der Waals surface area contributed by atoms with Gasteiger partial charge in [0.25, 0.3) is 0 Å². The fourth-order valence-electron chi connectivity index (χ4n) is 2.36. The van der Waals surface area contributed by atoms with Crippen LogP contribution in [0.25, 0.3) is 0 Å². The quantitative estimate of drug-likeness (QED) is 0.760. The number of hydrogen-bond acceptors (Lipinski definition) is 5. The zero-order valence-electron chi connectivity index (χ0n) is 12.2. The highest BCUT2D eigenvalue weighted by Crippen LogP contribution is 2.33. The van der Waals surface area contributed by atoms with Gasteiger partial charge < -0.3 is 0 Å². The molecule has 23 heavy (non-hydrogen) atoms. The number of rotatable bonds is 2. The molecule has 1 aromatic carbocycles. The highest BCUT2D eigenvalue weighted by Gasteiger charge is 2.15. The number of fused-ring (bicyclic) bond motifs is 1. The van der Waals surface area contributed by atoms with Crippen LogP contribution in [-0.4, -0.2) is 14.5 Å². The SMILES string of the molecule is CC(=O)Sc1cc(N=c2sc(=O)n3n2CCCC3)c(F)cc1Cl. The molecule has 0 bridgehead atoms. The van der Waals surface area contributed by atoms with E-state index in [1.165, 1.54) is 13.0 Å². The first-order valence-electron chi connectivity index (χ1n) is 6.98. The van der Waals surface area contributed by atoms with Gasteiger partial charge in [-0.3, -0.25) is 14.3 Å². The Kier molecular flexibility index (Phi) is 4.74. The Bertz CT molecular complexity index is 900. The van der Waals surface area contributed by atoms with Crippen LogP contribution in [-0.2, 0) is 17.9 Å². The van der Waals surface area contributed by atoms with Crippen molar-refractivity contribution in [3.8, 4) is 0 Å². The van der Waals surface area contributed by atoms with Gasteiger partial charge in [0.15, 0.2) is 5.12 Å². The Hall–Kier alpha value is -1.38. The molecular formula is C14H13ClFN3O2S2. The van der Waals surface area contributed by atoms with Crippen molar-refractivity contribution >= 4 is 45.5 Å². The van der Waals surface area contributed by atoms with Gasteiger partial charge in [-0.15, -0.1) is 0 Å². The fraction of sp³-hybridized carbons (Fsp3) is 0.357. The van der Waals surface area contributed by atoms with Crippen molar-refractivity contribution in [2.45, 2.75) is 37.8 Å². The van der Waals surface area contributed by atoms with Crippen LogP contribution in [0, 0.1) is 5.82 Å². The molecule has 1 aromatic heterocycles. The molecular weight excluding hydrogens is 361 g/mol. The summed E-state index contributed by atoms with van der Waals surface area (Å²) in [7, 11) is 0. The number of nitrogens with zero attached hydrogens (tertiary/aromatic N) is 3. The number of hydrogen-bond donors (Lipinski definition) is 0. The van der Waals surface area contributed by atoms with Gasteiger partial charge in [-0.25, -0.2) is 14.1 Å². The summed E-state index contributed by atoms with van der Waals surface area (Å²) < 4.78 is 17.5. The lowest BCUT2D eigenvalue weighted by Crippen LogP contribution is -2.31. The molecule has 0 saturated heterocycles. The first kappa shape index (κ1) is 16.5.